The molecule has 5 nitrogen and oxygen atoms in total. The highest BCUT2D eigenvalue weighted by molar-refractivity contribution is 9.10. The Hall–Kier alpha value is -1.79. The van der Waals surface area contributed by atoms with Gasteiger partial charge in [0, 0.05) is 21.6 Å². The fraction of sp³-hybridized carbons (Fsp3) is 0. The Morgan fingerprint density at radius 1 is 1.21 bits per heavy atom. The van der Waals surface area contributed by atoms with E-state index >= 15 is 0 Å². The van der Waals surface area contributed by atoms with Crippen molar-refractivity contribution >= 4 is 50.3 Å². The quantitative estimate of drug-likeness (QED) is 0.494. The summed E-state index contributed by atoms with van der Waals surface area (Å²) in [6, 6.07) is 9.52. The molecule has 0 unspecified atom stereocenters. The predicted octanol–water partition coefficient (Wildman–Crippen LogP) is 4.34. The topological polar surface area (TPSA) is 81.2 Å². The van der Waals surface area contributed by atoms with E-state index in [1.54, 1.807) is 24.3 Å². The first-order valence-electron chi connectivity index (χ1n) is 5.23. The van der Waals surface area contributed by atoms with Crippen LogP contribution in [0.4, 0.5) is 22.7 Å². The van der Waals surface area contributed by atoms with Crippen LogP contribution in [-0.2, 0) is 0 Å². The molecule has 0 aliphatic rings. The van der Waals surface area contributed by atoms with Crippen molar-refractivity contribution in [2.75, 3.05) is 11.1 Å². The summed E-state index contributed by atoms with van der Waals surface area (Å²) < 4.78 is 0.814. The third kappa shape index (κ3) is 3.15. The minimum Gasteiger partial charge on any atom is -0.397 e. The smallest absolute Gasteiger partial charge is 0.271 e. The normalized spacial score (nSPS) is 10.2. The Labute approximate surface area is 122 Å². The van der Waals surface area contributed by atoms with E-state index in [0.717, 1.165) is 10.2 Å². The lowest BCUT2D eigenvalue weighted by Gasteiger charge is -2.11. The van der Waals surface area contributed by atoms with Crippen LogP contribution in [0.2, 0.25) is 5.02 Å². The fourth-order valence-corrected chi connectivity index (χ4v) is 2.03. The molecule has 98 valence electrons. The van der Waals surface area contributed by atoms with Crippen LogP contribution >= 0.6 is 27.5 Å². The lowest BCUT2D eigenvalue weighted by Crippen LogP contribution is -1.98. The van der Waals surface area contributed by atoms with E-state index < -0.39 is 4.92 Å². The van der Waals surface area contributed by atoms with Gasteiger partial charge in [0.1, 0.15) is 0 Å². The number of benzene rings is 2. The molecule has 0 aliphatic carbocycles. The first-order chi connectivity index (χ1) is 8.97. The third-order valence-electron chi connectivity index (χ3n) is 2.44. The molecule has 19 heavy (non-hydrogen) atoms. The number of nitrogens with one attached hydrogen (secondary N) is 1. The number of nitro benzene ring substituents is 1. The SMILES string of the molecule is Nc1cc([N+](=O)[O-])ccc1Nc1cc(Cl)ccc1Br. The first kappa shape index (κ1) is 13.6. The van der Waals surface area contributed by atoms with Gasteiger partial charge in [-0.25, -0.2) is 0 Å². The Morgan fingerprint density at radius 3 is 2.58 bits per heavy atom. The molecule has 0 saturated heterocycles. The number of anilines is 3. The molecule has 0 aliphatic heterocycles. The van der Waals surface area contributed by atoms with Crippen LogP contribution in [0, 0.1) is 10.1 Å². The molecule has 0 radical (unpaired) electrons. The first-order valence-corrected chi connectivity index (χ1v) is 6.40. The van der Waals surface area contributed by atoms with Gasteiger partial charge in [-0.2, -0.15) is 0 Å². The van der Waals surface area contributed by atoms with Crippen LogP contribution < -0.4 is 11.1 Å². The van der Waals surface area contributed by atoms with E-state index in [4.69, 9.17) is 17.3 Å². The molecule has 0 saturated carbocycles. The summed E-state index contributed by atoms with van der Waals surface area (Å²) in [6.45, 7) is 0. The molecule has 0 heterocycles. The lowest BCUT2D eigenvalue weighted by atomic mass is 10.2. The van der Waals surface area contributed by atoms with Gasteiger partial charge in [0.2, 0.25) is 0 Å². The Balaban J connectivity index is 2.33. The summed E-state index contributed by atoms with van der Waals surface area (Å²) >= 11 is 9.29. The lowest BCUT2D eigenvalue weighted by molar-refractivity contribution is -0.384. The highest BCUT2D eigenvalue weighted by Gasteiger charge is 2.10. The summed E-state index contributed by atoms with van der Waals surface area (Å²) in [5.74, 6) is 0. The summed E-state index contributed by atoms with van der Waals surface area (Å²) in [7, 11) is 0. The number of nitrogens with zero attached hydrogens (tertiary/aromatic N) is 1. The van der Waals surface area contributed by atoms with Crippen LogP contribution in [0.25, 0.3) is 0 Å². The summed E-state index contributed by atoms with van der Waals surface area (Å²) in [6.07, 6.45) is 0. The summed E-state index contributed by atoms with van der Waals surface area (Å²) in [5, 5.41) is 14.3. The van der Waals surface area contributed by atoms with Crippen LogP contribution in [0.15, 0.2) is 40.9 Å². The Bertz CT molecular complexity index is 649. The Morgan fingerprint density at radius 2 is 1.95 bits per heavy atom. The minimum atomic E-state index is -0.491. The monoisotopic (exact) mass is 341 g/mol. The van der Waals surface area contributed by atoms with Gasteiger partial charge in [0.05, 0.1) is 22.0 Å². The zero-order valence-corrected chi connectivity index (χ0v) is 11.9. The van der Waals surface area contributed by atoms with Crippen molar-refractivity contribution in [3.05, 3.63) is 56.0 Å². The number of hydrogen-bond acceptors (Lipinski definition) is 4. The van der Waals surface area contributed by atoms with Gasteiger partial charge in [0.15, 0.2) is 0 Å². The number of rotatable bonds is 3. The minimum absolute atomic E-state index is 0.0480. The van der Waals surface area contributed by atoms with Crippen molar-refractivity contribution in [1.29, 1.82) is 0 Å². The predicted molar refractivity (Wildman–Crippen MR) is 79.9 cm³/mol. The van der Waals surface area contributed by atoms with Gasteiger partial charge >= 0.3 is 0 Å². The fourth-order valence-electron chi connectivity index (χ4n) is 1.52. The maximum atomic E-state index is 10.6. The van der Waals surface area contributed by atoms with Gasteiger partial charge in [0.25, 0.3) is 5.69 Å². The van der Waals surface area contributed by atoms with E-state index in [-0.39, 0.29) is 5.69 Å². The van der Waals surface area contributed by atoms with Crippen molar-refractivity contribution in [2.45, 2.75) is 0 Å². The Kier molecular flexibility index (Phi) is 3.92. The maximum absolute atomic E-state index is 10.6. The van der Waals surface area contributed by atoms with Gasteiger partial charge in [-0.15, -0.1) is 0 Å². The molecule has 3 N–H and O–H groups in total. The average Bonchev–Trinajstić information content (AvgIpc) is 2.36. The molecule has 2 aromatic rings. The molecule has 7 heteroatoms. The molecular weight excluding hydrogens is 334 g/mol. The second-order valence-electron chi connectivity index (χ2n) is 3.78. The van der Waals surface area contributed by atoms with E-state index in [1.807, 2.05) is 0 Å². The van der Waals surface area contributed by atoms with Gasteiger partial charge in [-0.05, 0) is 40.2 Å². The van der Waals surface area contributed by atoms with E-state index in [0.29, 0.717) is 16.4 Å². The van der Waals surface area contributed by atoms with E-state index in [9.17, 15) is 10.1 Å². The van der Waals surface area contributed by atoms with Gasteiger partial charge in [-0.3, -0.25) is 10.1 Å². The molecule has 0 bridgehead atoms. The van der Waals surface area contributed by atoms with Gasteiger partial charge < -0.3 is 11.1 Å². The second-order valence-corrected chi connectivity index (χ2v) is 5.07. The van der Waals surface area contributed by atoms with E-state index in [1.165, 1.54) is 12.1 Å². The highest BCUT2D eigenvalue weighted by atomic mass is 79.9. The largest absolute Gasteiger partial charge is 0.397 e. The van der Waals surface area contributed by atoms with Crippen LogP contribution in [-0.4, -0.2) is 4.92 Å². The van der Waals surface area contributed by atoms with Crippen molar-refractivity contribution < 1.29 is 4.92 Å². The molecule has 2 rings (SSSR count). The number of hydrogen-bond donors (Lipinski definition) is 2. The van der Waals surface area contributed by atoms with Crippen molar-refractivity contribution in [2.24, 2.45) is 0 Å². The molecule has 0 aromatic heterocycles. The van der Waals surface area contributed by atoms with Gasteiger partial charge in [-0.1, -0.05) is 11.6 Å². The van der Waals surface area contributed by atoms with E-state index in [2.05, 4.69) is 21.2 Å². The van der Waals surface area contributed by atoms with Crippen LogP contribution in [0.3, 0.4) is 0 Å². The standard InChI is InChI=1S/C12H9BrClN3O2/c13-9-3-1-7(14)5-12(9)16-11-4-2-8(17(18)19)6-10(11)15/h1-6,16H,15H2. The number of halogens is 2. The zero-order valence-electron chi connectivity index (χ0n) is 9.56. The maximum Gasteiger partial charge on any atom is 0.271 e. The highest BCUT2D eigenvalue weighted by Crippen LogP contribution is 2.32. The molecule has 2 aromatic carbocycles. The van der Waals surface area contributed by atoms with Crippen LogP contribution in [0.1, 0.15) is 0 Å². The third-order valence-corrected chi connectivity index (χ3v) is 3.37. The zero-order chi connectivity index (χ0) is 14.0. The van der Waals surface area contributed by atoms with Crippen molar-refractivity contribution in [1.82, 2.24) is 0 Å². The molecular formula is C12H9BrClN3O2. The van der Waals surface area contributed by atoms with Crippen molar-refractivity contribution in [3.63, 3.8) is 0 Å². The van der Waals surface area contributed by atoms with Crippen molar-refractivity contribution in [3.8, 4) is 0 Å². The molecule has 0 spiro atoms. The molecule has 0 atom stereocenters. The molecule has 0 amide bonds. The summed E-state index contributed by atoms with van der Waals surface area (Å²) in [4.78, 5) is 10.1. The summed E-state index contributed by atoms with van der Waals surface area (Å²) in [5.41, 5.74) is 7.33. The van der Waals surface area contributed by atoms with Crippen LogP contribution in [0.5, 0.6) is 0 Å². The number of nitro groups is 1. The molecule has 0 fully saturated rings. The number of non-ortho nitro benzene ring substituents is 1. The average molecular weight is 343 g/mol. The number of nitrogens with two attached hydrogens (primary N) is 1. The second kappa shape index (κ2) is 5.46. The number of nitrogen functional groups attached to an aromatic ring is 1.